The number of ether oxygens (including phenoxy) is 1. The molecular weight excluding hydrogens is 344 g/mol. The number of carbonyl (C=O) groups is 2. The Kier molecular flexibility index (Phi) is 6.37. The van der Waals surface area contributed by atoms with Gasteiger partial charge >= 0.3 is 12.0 Å². The van der Waals surface area contributed by atoms with Crippen LogP contribution in [-0.4, -0.2) is 23.7 Å². The number of rotatable bonds is 5. The highest BCUT2D eigenvalue weighted by atomic mass is 16.5. The first-order valence-electron chi connectivity index (χ1n) is 9.85. The zero-order valence-corrected chi connectivity index (χ0v) is 15.8. The number of amides is 2. The number of hydrogen-bond acceptors (Lipinski definition) is 4. The van der Waals surface area contributed by atoms with Crippen LogP contribution < -0.4 is 10.6 Å². The minimum atomic E-state index is -0.637. The lowest BCUT2D eigenvalue weighted by Gasteiger charge is -2.29. The van der Waals surface area contributed by atoms with E-state index in [4.69, 9.17) is 4.74 Å². The number of carbonyl (C=O) groups excluding carboxylic acids is 2. The van der Waals surface area contributed by atoms with Crippen molar-refractivity contribution in [3.05, 3.63) is 41.1 Å². The van der Waals surface area contributed by atoms with Crippen LogP contribution >= 0.6 is 0 Å². The molecule has 0 spiro atoms. The number of nitrogens with one attached hydrogen (secondary N) is 2. The maximum atomic E-state index is 12.9. The number of urea groups is 1. The first-order valence-corrected chi connectivity index (χ1v) is 9.85. The molecule has 0 radical (unpaired) electrons. The normalized spacial score (nSPS) is 21.2. The third kappa shape index (κ3) is 4.81. The van der Waals surface area contributed by atoms with Gasteiger partial charge in [-0.15, -0.1) is 0 Å². The molecular formula is C21H28N2O4. The van der Waals surface area contributed by atoms with E-state index in [0.29, 0.717) is 35.8 Å². The molecule has 1 aliphatic heterocycles. The number of benzene rings is 1. The van der Waals surface area contributed by atoms with Gasteiger partial charge < -0.3 is 20.5 Å². The number of hydrogen-bond donors (Lipinski definition) is 3. The Morgan fingerprint density at radius 1 is 1.22 bits per heavy atom. The van der Waals surface area contributed by atoms with Crippen molar-refractivity contribution in [1.29, 1.82) is 0 Å². The summed E-state index contributed by atoms with van der Waals surface area (Å²) in [5.41, 5.74) is 1.63. The zero-order valence-electron chi connectivity index (χ0n) is 15.8. The molecule has 146 valence electrons. The number of phenolic OH excluding ortho intramolecular Hbond substituents is 1. The number of esters is 1. The Balaban J connectivity index is 1.80. The van der Waals surface area contributed by atoms with Crippen LogP contribution in [0.25, 0.3) is 0 Å². The van der Waals surface area contributed by atoms with Crippen molar-refractivity contribution in [1.82, 2.24) is 10.6 Å². The van der Waals surface area contributed by atoms with Crippen LogP contribution in [0.5, 0.6) is 5.75 Å². The number of phenols is 1. The molecule has 1 aliphatic carbocycles. The lowest BCUT2D eigenvalue weighted by molar-refractivity contribution is -0.141. The third-order valence-corrected chi connectivity index (χ3v) is 5.36. The van der Waals surface area contributed by atoms with Crippen molar-refractivity contribution in [2.75, 3.05) is 6.61 Å². The fourth-order valence-corrected chi connectivity index (χ4v) is 3.89. The second-order valence-corrected chi connectivity index (χ2v) is 7.33. The van der Waals surface area contributed by atoms with E-state index in [1.165, 1.54) is 25.7 Å². The Morgan fingerprint density at radius 2 is 1.96 bits per heavy atom. The van der Waals surface area contributed by atoms with Gasteiger partial charge in [0.15, 0.2) is 0 Å². The van der Waals surface area contributed by atoms with Crippen LogP contribution in [0.2, 0.25) is 0 Å². The SMILES string of the molecule is CCC1=C(C(=O)OCC2CCCCCC2)C(c2cccc(O)c2)NC(=O)N1. The Morgan fingerprint density at radius 3 is 2.63 bits per heavy atom. The van der Waals surface area contributed by atoms with Crippen molar-refractivity contribution in [3.8, 4) is 5.75 Å². The Bertz CT molecular complexity index is 721. The highest BCUT2D eigenvalue weighted by molar-refractivity contribution is 5.95. The highest BCUT2D eigenvalue weighted by Crippen LogP contribution is 2.31. The van der Waals surface area contributed by atoms with Crippen LogP contribution in [0.3, 0.4) is 0 Å². The summed E-state index contributed by atoms with van der Waals surface area (Å²) in [5.74, 6) is 0.0916. The van der Waals surface area contributed by atoms with E-state index >= 15 is 0 Å². The largest absolute Gasteiger partial charge is 0.508 e. The molecule has 3 N–H and O–H groups in total. The van der Waals surface area contributed by atoms with E-state index in [9.17, 15) is 14.7 Å². The summed E-state index contributed by atoms with van der Waals surface area (Å²) in [7, 11) is 0. The van der Waals surface area contributed by atoms with Crippen LogP contribution in [0.1, 0.15) is 63.5 Å². The van der Waals surface area contributed by atoms with Gasteiger partial charge in [-0.3, -0.25) is 0 Å². The van der Waals surface area contributed by atoms with E-state index in [1.807, 2.05) is 6.92 Å². The van der Waals surface area contributed by atoms with Crippen LogP contribution in [-0.2, 0) is 9.53 Å². The molecule has 0 saturated heterocycles. The lowest BCUT2D eigenvalue weighted by Crippen LogP contribution is -2.46. The minimum Gasteiger partial charge on any atom is -0.508 e. The molecule has 27 heavy (non-hydrogen) atoms. The van der Waals surface area contributed by atoms with E-state index in [1.54, 1.807) is 24.3 Å². The summed E-state index contributed by atoms with van der Waals surface area (Å²) >= 11 is 0. The van der Waals surface area contributed by atoms with Crippen LogP contribution in [0.4, 0.5) is 4.79 Å². The fourth-order valence-electron chi connectivity index (χ4n) is 3.89. The summed E-state index contributed by atoms with van der Waals surface area (Å²) in [5, 5.41) is 15.3. The quantitative estimate of drug-likeness (QED) is 0.540. The average Bonchev–Trinajstić information content (AvgIpc) is 2.94. The first kappa shape index (κ1) is 19.3. The average molecular weight is 372 g/mol. The molecule has 1 fully saturated rings. The topological polar surface area (TPSA) is 87.7 Å². The molecule has 1 heterocycles. The molecule has 1 unspecified atom stereocenters. The fraction of sp³-hybridized carbons (Fsp3) is 0.524. The van der Waals surface area contributed by atoms with Gasteiger partial charge in [0.05, 0.1) is 18.2 Å². The number of allylic oxidation sites excluding steroid dienone is 1. The molecule has 0 aromatic heterocycles. The zero-order chi connectivity index (χ0) is 19.2. The van der Waals surface area contributed by atoms with Gasteiger partial charge in [-0.05, 0) is 42.9 Å². The van der Waals surface area contributed by atoms with E-state index < -0.39 is 12.0 Å². The molecule has 6 nitrogen and oxygen atoms in total. The summed E-state index contributed by atoms with van der Waals surface area (Å²) in [6.45, 7) is 2.30. The minimum absolute atomic E-state index is 0.0875. The van der Waals surface area contributed by atoms with Crippen molar-refractivity contribution >= 4 is 12.0 Å². The predicted octanol–water partition coefficient (Wildman–Crippen LogP) is 3.92. The van der Waals surface area contributed by atoms with Gasteiger partial charge in [0, 0.05) is 5.70 Å². The monoisotopic (exact) mass is 372 g/mol. The van der Waals surface area contributed by atoms with Crippen LogP contribution in [0, 0.1) is 5.92 Å². The van der Waals surface area contributed by atoms with E-state index in [0.717, 1.165) is 12.8 Å². The predicted molar refractivity (Wildman–Crippen MR) is 102 cm³/mol. The molecule has 3 rings (SSSR count). The smallest absolute Gasteiger partial charge is 0.338 e. The molecule has 0 bridgehead atoms. The van der Waals surface area contributed by atoms with Gasteiger partial charge in [0.2, 0.25) is 0 Å². The van der Waals surface area contributed by atoms with Crippen LogP contribution in [0.15, 0.2) is 35.5 Å². The first-order chi connectivity index (χ1) is 13.1. The lowest BCUT2D eigenvalue weighted by atomic mass is 9.94. The molecule has 1 aromatic carbocycles. The van der Waals surface area contributed by atoms with Gasteiger partial charge in [-0.2, -0.15) is 0 Å². The van der Waals surface area contributed by atoms with Crippen molar-refractivity contribution in [3.63, 3.8) is 0 Å². The highest BCUT2D eigenvalue weighted by Gasteiger charge is 2.33. The maximum absolute atomic E-state index is 12.9. The molecule has 2 aliphatic rings. The Labute approximate surface area is 160 Å². The Hall–Kier alpha value is -2.50. The van der Waals surface area contributed by atoms with E-state index in [-0.39, 0.29) is 11.8 Å². The van der Waals surface area contributed by atoms with Gasteiger partial charge in [0.1, 0.15) is 5.75 Å². The molecule has 1 atom stereocenters. The van der Waals surface area contributed by atoms with Crippen molar-refractivity contribution < 1.29 is 19.4 Å². The molecule has 1 saturated carbocycles. The van der Waals surface area contributed by atoms with Crippen molar-refractivity contribution in [2.24, 2.45) is 5.92 Å². The molecule has 1 aromatic rings. The summed E-state index contributed by atoms with van der Waals surface area (Å²) in [6, 6.07) is 5.59. The second-order valence-electron chi connectivity index (χ2n) is 7.33. The molecule has 6 heteroatoms. The molecule has 2 amide bonds. The van der Waals surface area contributed by atoms with Crippen molar-refractivity contribution in [2.45, 2.75) is 57.9 Å². The van der Waals surface area contributed by atoms with Gasteiger partial charge in [-0.1, -0.05) is 44.7 Å². The number of aromatic hydroxyl groups is 1. The van der Waals surface area contributed by atoms with Gasteiger partial charge in [-0.25, -0.2) is 9.59 Å². The third-order valence-electron chi connectivity index (χ3n) is 5.36. The van der Waals surface area contributed by atoms with Gasteiger partial charge in [0.25, 0.3) is 0 Å². The standard InChI is InChI=1S/C21H28N2O4/c1-2-17-18(20(25)27-13-14-8-5-3-4-6-9-14)19(23-21(26)22-17)15-10-7-11-16(24)12-15/h7,10-12,14,19,24H,2-6,8-9,13H2,1H3,(H2,22,23,26). The van der Waals surface area contributed by atoms with E-state index in [2.05, 4.69) is 10.6 Å². The summed E-state index contributed by atoms with van der Waals surface area (Å²) < 4.78 is 5.68. The maximum Gasteiger partial charge on any atom is 0.338 e. The summed E-state index contributed by atoms with van der Waals surface area (Å²) in [6.07, 6.45) is 7.59. The summed E-state index contributed by atoms with van der Waals surface area (Å²) in [4.78, 5) is 25.0. The second kappa shape index (κ2) is 8.93.